The van der Waals surface area contributed by atoms with Crippen LogP contribution < -0.4 is 0 Å². The van der Waals surface area contributed by atoms with Crippen LogP contribution in [0.2, 0.25) is 0 Å². The van der Waals surface area contributed by atoms with Crippen LogP contribution >= 0.6 is 0 Å². The largest absolute Gasteiger partial charge is 0.388 e. The first-order valence-electron chi connectivity index (χ1n) is 6.08. The number of likely N-dealkylation sites (tertiary alicyclic amines) is 1. The molecule has 1 aromatic heterocycles. The summed E-state index contributed by atoms with van der Waals surface area (Å²) in [5.74, 6) is 5.07. The fourth-order valence-electron chi connectivity index (χ4n) is 2.07. The molecule has 100 valence electrons. The van der Waals surface area contributed by atoms with Crippen molar-refractivity contribution in [1.82, 2.24) is 9.88 Å². The molecule has 0 bridgehead atoms. The minimum atomic E-state index is -0.808. The normalized spacial score (nSPS) is 21.9. The van der Waals surface area contributed by atoms with E-state index in [-0.39, 0.29) is 12.5 Å². The van der Waals surface area contributed by atoms with Gasteiger partial charge in [0.1, 0.15) is 6.61 Å². The molecule has 1 aliphatic rings. The third-order valence-corrected chi connectivity index (χ3v) is 3.04. The zero-order valence-electron chi connectivity index (χ0n) is 10.8. The van der Waals surface area contributed by atoms with Crippen molar-refractivity contribution < 1.29 is 15.0 Å². The Balaban J connectivity index is 2.16. The number of β-amino-alcohol motifs (C(OH)–C–C–N with tert-alkyl or cyclic N) is 1. The molecule has 1 amide bonds. The molecule has 1 fully saturated rings. The highest BCUT2D eigenvalue weighted by Gasteiger charge is 2.34. The topological polar surface area (TPSA) is 73.7 Å². The standard InChI is InChI=1S/C14H16N2O3/c1-14(19)4-5-16(10-14)13(18)12-7-11(3-2-6-17)8-15-9-12/h7-9,17,19H,4-6,10H2,1H3. The molecule has 2 rings (SSSR count). The van der Waals surface area contributed by atoms with Gasteiger partial charge in [0, 0.05) is 31.0 Å². The lowest BCUT2D eigenvalue weighted by Gasteiger charge is -2.18. The number of aliphatic hydroxyl groups is 2. The van der Waals surface area contributed by atoms with E-state index in [2.05, 4.69) is 16.8 Å². The van der Waals surface area contributed by atoms with Crippen molar-refractivity contribution in [2.45, 2.75) is 18.9 Å². The summed E-state index contributed by atoms with van der Waals surface area (Å²) in [5, 5.41) is 18.5. The Labute approximate surface area is 111 Å². The van der Waals surface area contributed by atoms with Gasteiger partial charge in [-0.15, -0.1) is 0 Å². The summed E-state index contributed by atoms with van der Waals surface area (Å²) in [6.45, 7) is 2.37. The molecule has 1 unspecified atom stereocenters. The zero-order chi connectivity index (χ0) is 13.9. The Morgan fingerprint density at radius 1 is 1.58 bits per heavy atom. The van der Waals surface area contributed by atoms with E-state index in [0.717, 1.165) is 0 Å². The highest BCUT2D eigenvalue weighted by molar-refractivity contribution is 5.94. The average Bonchev–Trinajstić information content (AvgIpc) is 2.76. The molecule has 0 aliphatic carbocycles. The van der Waals surface area contributed by atoms with E-state index < -0.39 is 5.60 Å². The summed E-state index contributed by atoms with van der Waals surface area (Å²) in [5.41, 5.74) is 0.227. The van der Waals surface area contributed by atoms with Gasteiger partial charge >= 0.3 is 0 Å². The second kappa shape index (κ2) is 5.39. The molecule has 1 atom stereocenters. The van der Waals surface area contributed by atoms with Crippen molar-refractivity contribution in [1.29, 1.82) is 0 Å². The number of aromatic nitrogens is 1. The van der Waals surface area contributed by atoms with E-state index in [9.17, 15) is 9.90 Å². The molecule has 19 heavy (non-hydrogen) atoms. The predicted molar refractivity (Wildman–Crippen MR) is 69.3 cm³/mol. The molecule has 0 spiro atoms. The van der Waals surface area contributed by atoms with Crippen LogP contribution in [0.25, 0.3) is 0 Å². The Kier molecular flexibility index (Phi) is 3.84. The number of carbonyl (C=O) groups is 1. The molecule has 5 nitrogen and oxygen atoms in total. The van der Waals surface area contributed by atoms with E-state index >= 15 is 0 Å². The number of pyridine rings is 1. The fourth-order valence-corrected chi connectivity index (χ4v) is 2.07. The van der Waals surface area contributed by atoms with Crippen LogP contribution in [0, 0.1) is 11.8 Å². The fraction of sp³-hybridized carbons (Fsp3) is 0.429. The highest BCUT2D eigenvalue weighted by Crippen LogP contribution is 2.22. The molecule has 2 N–H and O–H groups in total. The van der Waals surface area contributed by atoms with E-state index in [1.54, 1.807) is 24.1 Å². The molecular weight excluding hydrogens is 244 g/mol. The Morgan fingerprint density at radius 3 is 3.00 bits per heavy atom. The molecule has 1 aliphatic heterocycles. The van der Waals surface area contributed by atoms with Gasteiger partial charge in [0.15, 0.2) is 0 Å². The minimum absolute atomic E-state index is 0.155. The van der Waals surface area contributed by atoms with Crippen molar-refractivity contribution in [3.63, 3.8) is 0 Å². The summed E-state index contributed by atoms with van der Waals surface area (Å²) in [4.78, 5) is 17.8. The third-order valence-electron chi connectivity index (χ3n) is 3.04. The van der Waals surface area contributed by atoms with E-state index in [4.69, 9.17) is 5.11 Å². The summed E-state index contributed by atoms with van der Waals surface area (Å²) >= 11 is 0. The lowest BCUT2D eigenvalue weighted by molar-refractivity contribution is 0.0572. The second-order valence-corrected chi connectivity index (χ2v) is 4.90. The van der Waals surface area contributed by atoms with Gasteiger partial charge < -0.3 is 15.1 Å². The Morgan fingerprint density at radius 2 is 2.37 bits per heavy atom. The molecular formula is C14H16N2O3. The van der Waals surface area contributed by atoms with E-state index in [1.165, 1.54) is 6.20 Å². The number of rotatable bonds is 1. The lowest BCUT2D eigenvalue weighted by Crippen LogP contribution is -2.33. The lowest BCUT2D eigenvalue weighted by atomic mass is 10.1. The van der Waals surface area contributed by atoms with Gasteiger partial charge in [-0.1, -0.05) is 11.8 Å². The highest BCUT2D eigenvalue weighted by atomic mass is 16.3. The van der Waals surface area contributed by atoms with Crippen LogP contribution in [-0.2, 0) is 0 Å². The van der Waals surface area contributed by atoms with Crippen molar-refractivity contribution in [3.8, 4) is 11.8 Å². The van der Waals surface area contributed by atoms with Gasteiger partial charge in [-0.25, -0.2) is 0 Å². The van der Waals surface area contributed by atoms with Crippen molar-refractivity contribution >= 4 is 5.91 Å². The van der Waals surface area contributed by atoms with Crippen LogP contribution in [-0.4, -0.2) is 51.3 Å². The molecule has 1 saturated heterocycles. The molecule has 1 aromatic rings. The summed E-state index contributed by atoms with van der Waals surface area (Å²) in [7, 11) is 0. The number of amides is 1. The first-order chi connectivity index (χ1) is 9.02. The molecule has 0 radical (unpaired) electrons. The number of nitrogens with zero attached hydrogens (tertiary/aromatic N) is 2. The van der Waals surface area contributed by atoms with Gasteiger partial charge in [-0.05, 0) is 19.4 Å². The van der Waals surface area contributed by atoms with E-state index in [0.29, 0.717) is 30.6 Å². The summed E-state index contributed by atoms with van der Waals surface area (Å²) in [6.07, 6.45) is 3.61. The third kappa shape index (κ3) is 3.31. The van der Waals surface area contributed by atoms with Gasteiger partial charge in [-0.3, -0.25) is 9.78 Å². The Hall–Kier alpha value is -1.90. The maximum atomic E-state index is 12.2. The first-order valence-corrected chi connectivity index (χ1v) is 6.08. The first kappa shape index (κ1) is 13.5. The van der Waals surface area contributed by atoms with Crippen LogP contribution in [0.4, 0.5) is 0 Å². The minimum Gasteiger partial charge on any atom is -0.388 e. The van der Waals surface area contributed by atoms with Crippen LogP contribution in [0.15, 0.2) is 18.5 Å². The molecule has 0 saturated carbocycles. The number of carbonyl (C=O) groups excluding carboxylic acids is 1. The predicted octanol–water partition coefficient (Wildman–Crippen LogP) is 0.0223. The van der Waals surface area contributed by atoms with Crippen molar-refractivity contribution in [2.24, 2.45) is 0 Å². The van der Waals surface area contributed by atoms with Gasteiger partial charge in [0.25, 0.3) is 5.91 Å². The van der Waals surface area contributed by atoms with Crippen LogP contribution in [0.3, 0.4) is 0 Å². The van der Waals surface area contributed by atoms with Crippen LogP contribution in [0.1, 0.15) is 29.3 Å². The smallest absolute Gasteiger partial charge is 0.255 e. The molecule has 2 heterocycles. The number of aliphatic hydroxyl groups excluding tert-OH is 1. The number of hydrogen-bond acceptors (Lipinski definition) is 4. The van der Waals surface area contributed by atoms with Crippen molar-refractivity contribution in [3.05, 3.63) is 29.6 Å². The molecule has 5 heteroatoms. The zero-order valence-corrected chi connectivity index (χ0v) is 10.8. The SMILES string of the molecule is CC1(O)CCN(C(=O)c2cncc(C#CCO)c2)C1. The quantitative estimate of drug-likeness (QED) is 0.698. The van der Waals surface area contributed by atoms with Crippen molar-refractivity contribution in [2.75, 3.05) is 19.7 Å². The monoisotopic (exact) mass is 260 g/mol. The van der Waals surface area contributed by atoms with Gasteiger partial charge in [-0.2, -0.15) is 0 Å². The van der Waals surface area contributed by atoms with Gasteiger partial charge in [0.2, 0.25) is 0 Å². The van der Waals surface area contributed by atoms with Gasteiger partial charge in [0.05, 0.1) is 11.2 Å². The maximum absolute atomic E-state index is 12.2. The maximum Gasteiger partial charge on any atom is 0.255 e. The number of hydrogen-bond donors (Lipinski definition) is 2. The summed E-state index contributed by atoms with van der Waals surface area (Å²) in [6, 6.07) is 1.64. The second-order valence-electron chi connectivity index (χ2n) is 4.90. The van der Waals surface area contributed by atoms with Crippen LogP contribution in [0.5, 0.6) is 0 Å². The summed E-state index contributed by atoms with van der Waals surface area (Å²) < 4.78 is 0. The molecule has 0 aromatic carbocycles. The Bertz CT molecular complexity index is 543. The van der Waals surface area contributed by atoms with E-state index in [1.807, 2.05) is 0 Å². The average molecular weight is 260 g/mol.